The van der Waals surface area contributed by atoms with E-state index in [1.807, 2.05) is 6.07 Å². The smallest absolute Gasteiger partial charge is 0.390 e. The van der Waals surface area contributed by atoms with Gasteiger partial charge in [-0.3, -0.25) is 0 Å². The molecule has 106 valence electrons. The average Bonchev–Trinajstić information content (AvgIpc) is 2.55. The molecule has 0 aliphatic rings. The fourth-order valence-electron chi connectivity index (χ4n) is 2.13. The maximum Gasteiger partial charge on any atom is 0.390 e. The fraction of sp³-hybridized carbons (Fsp3) is 0.125. The zero-order valence-electron chi connectivity index (χ0n) is 11.1. The molecular weight excluding hydrogens is 288 g/mol. The highest BCUT2D eigenvalue weighted by Crippen LogP contribution is 2.44. The van der Waals surface area contributed by atoms with Crippen molar-refractivity contribution < 1.29 is 10.2 Å². The van der Waals surface area contributed by atoms with Gasteiger partial charge < -0.3 is 10.2 Å². The molecule has 2 aromatic carbocycles. The average molecular weight is 302 g/mol. The maximum absolute atomic E-state index is 11.0. The molecule has 0 amide bonds. The van der Waals surface area contributed by atoms with Crippen LogP contribution in [0, 0.1) is 5.39 Å². The molecule has 5 heteroatoms. The van der Waals surface area contributed by atoms with Crippen LogP contribution in [-0.2, 0) is 5.60 Å². The molecule has 0 aliphatic heterocycles. The van der Waals surface area contributed by atoms with Gasteiger partial charge in [0.1, 0.15) is 0 Å². The van der Waals surface area contributed by atoms with E-state index in [1.54, 1.807) is 54.6 Å². The summed E-state index contributed by atoms with van der Waals surface area (Å²) in [5.74, 6) is -0.542. The molecule has 0 bridgehead atoms. The number of alkyl halides is 1. The zero-order chi connectivity index (χ0) is 15.3. The highest BCUT2D eigenvalue weighted by atomic mass is 35.5. The minimum atomic E-state index is -1.91. The molecule has 0 unspecified atom stereocenters. The summed E-state index contributed by atoms with van der Waals surface area (Å²) < 4.78 is 0. The molecule has 4 nitrogen and oxygen atoms in total. The molecule has 0 radical (unpaired) electrons. The fourth-order valence-corrected chi connectivity index (χ4v) is 2.52. The summed E-state index contributed by atoms with van der Waals surface area (Å²) in [5, 5.41) is 28.8. The first-order chi connectivity index (χ1) is 10.1. The number of hydrogen-bond donors (Lipinski definition) is 2. The Morgan fingerprint density at radius 2 is 1.62 bits per heavy atom. The van der Waals surface area contributed by atoms with E-state index in [9.17, 15) is 10.2 Å². The summed E-state index contributed by atoms with van der Waals surface area (Å²) in [7, 11) is 0. The van der Waals surface area contributed by atoms with E-state index in [0.29, 0.717) is 11.1 Å². The van der Waals surface area contributed by atoms with Gasteiger partial charge in [-0.25, -0.2) is 0 Å². The molecule has 0 saturated heterocycles. The first-order valence-corrected chi connectivity index (χ1v) is 6.75. The van der Waals surface area contributed by atoms with Gasteiger partial charge in [-0.15, -0.1) is 11.6 Å². The molecular formula is C16H14ClN2O2+. The molecule has 0 saturated carbocycles. The Labute approximate surface area is 127 Å². The molecule has 2 aromatic rings. The monoisotopic (exact) mass is 301 g/mol. The van der Waals surface area contributed by atoms with Crippen molar-refractivity contribution in [2.75, 3.05) is 0 Å². The molecule has 2 atom stereocenters. The van der Waals surface area contributed by atoms with E-state index in [0.717, 1.165) is 6.20 Å². The van der Waals surface area contributed by atoms with Crippen LogP contribution in [0.5, 0.6) is 0 Å². The molecule has 0 aliphatic carbocycles. The largest absolute Gasteiger partial charge is 0.503 e. The van der Waals surface area contributed by atoms with Crippen LogP contribution in [0.3, 0.4) is 0 Å². The Bertz CT molecular complexity index is 668. The number of aliphatic hydroxyl groups excluding tert-OH is 1. The summed E-state index contributed by atoms with van der Waals surface area (Å²) in [6.07, 6.45) is 0.769. The molecule has 0 aromatic heterocycles. The Kier molecular flexibility index (Phi) is 4.59. The summed E-state index contributed by atoms with van der Waals surface area (Å²) in [5.41, 5.74) is -0.884. The van der Waals surface area contributed by atoms with Crippen molar-refractivity contribution in [1.29, 1.82) is 5.39 Å². The standard InChI is InChI=1S/C16H13ClN2O2/c17-15(12-7-3-1-4-8-12)16(21,14(20)11-19-18)13-9-5-2-6-10-13/h1-11,15,21H/p+1/t15-,16+/m1/s1. The van der Waals surface area contributed by atoms with E-state index in [1.165, 1.54) is 0 Å². The molecule has 21 heavy (non-hydrogen) atoms. The SMILES string of the molecule is N#[N+]C=C(O)[C@@](O)(c1ccccc1)[C@H](Cl)c1ccccc1. The van der Waals surface area contributed by atoms with Crippen molar-refractivity contribution in [2.24, 2.45) is 0 Å². The van der Waals surface area contributed by atoms with Crippen LogP contribution < -0.4 is 0 Å². The number of halogens is 1. The number of benzene rings is 2. The first-order valence-electron chi connectivity index (χ1n) is 6.31. The Balaban J connectivity index is 2.57. The van der Waals surface area contributed by atoms with Crippen LogP contribution in [0.4, 0.5) is 0 Å². The number of hydrogen-bond acceptors (Lipinski definition) is 3. The van der Waals surface area contributed by atoms with Gasteiger partial charge in [0.15, 0.2) is 10.6 Å². The molecule has 2 rings (SSSR count). The Morgan fingerprint density at radius 3 is 2.14 bits per heavy atom. The quantitative estimate of drug-likeness (QED) is 0.507. The maximum atomic E-state index is 11.0. The summed E-state index contributed by atoms with van der Waals surface area (Å²) in [6, 6.07) is 17.4. The van der Waals surface area contributed by atoms with Gasteiger partial charge in [0.2, 0.25) is 11.2 Å². The number of diazo groups is 1. The zero-order valence-corrected chi connectivity index (χ0v) is 11.9. The Morgan fingerprint density at radius 1 is 1.10 bits per heavy atom. The number of aliphatic hydroxyl groups is 2. The minimum absolute atomic E-state index is 0.395. The highest BCUT2D eigenvalue weighted by molar-refractivity contribution is 6.21. The van der Waals surface area contributed by atoms with E-state index in [-0.39, 0.29) is 0 Å². The van der Waals surface area contributed by atoms with Gasteiger partial charge in [0.25, 0.3) is 0 Å². The predicted octanol–water partition coefficient (Wildman–Crippen LogP) is 4.11. The van der Waals surface area contributed by atoms with Crippen molar-refractivity contribution in [3.8, 4) is 0 Å². The van der Waals surface area contributed by atoms with Crippen LogP contribution in [0.2, 0.25) is 0 Å². The lowest BCUT2D eigenvalue weighted by Gasteiger charge is -2.31. The van der Waals surface area contributed by atoms with Crippen LogP contribution >= 0.6 is 11.6 Å². The van der Waals surface area contributed by atoms with Crippen LogP contribution in [0.1, 0.15) is 16.5 Å². The van der Waals surface area contributed by atoms with Gasteiger partial charge >= 0.3 is 6.20 Å². The summed E-state index contributed by atoms with van der Waals surface area (Å²) in [4.78, 5) is 2.77. The van der Waals surface area contributed by atoms with Crippen molar-refractivity contribution in [3.63, 3.8) is 0 Å². The molecule has 0 fully saturated rings. The van der Waals surface area contributed by atoms with Crippen molar-refractivity contribution >= 4 is 11.6 Å². The topological polar surface area (TPSA) is 68.6 Å². The molecule has 0 heterocycles. The van der Waals surface area contributed by atoms with Gasteiger partial charge in [-0.1, -0.05) is 60.7 Å². The second-order valence-electron chi connectivity index (χ2n) is 4.54. The normalized spacial score (nSPS) is 15.8. The van der Waals surface area contributed by atoms with Crippen LogP contribution in [0.25, 0.3) is 4.98 Å². The minimum Gasteiger partial charge on any atom is -0.503 e. The van der Waals surface area contributed by atoms with Gasteiger partial charge in [0.05, 0.1) is 5.38 Å². The molecule has 2 N–H and O–H groups in total. The number of rotatable bonds is 4. The van der Waals surface area contributed by atoms with Crippen molar-refractivity contribution in [3.05, 3.63) is 88.7 Å². The third-order valence-electron chi connectivity index (χ3n) is 3.24. The van der Waals surface area contributed by atoms with E-state index < -0.39 is 16.7 Å². The van der Waals surface area contributed by atoms with E-state index in [2.05, 4.69) is 4.98 Å². The number of nitrogens with zero attached hydrogens (tertiary/aromatic N) is 2. The third kappa shape index (κ3) is 2.89. The van der Waals surface area contributed by atoms with Crippen LogP contribution in [0.15, 0.2) is 72.6 Å². The van der Waals surface area contributed by atoms with Crippen molar-refractivity contribution in [2.45, 2.75) is 11.0 Å². The lowest BCUT2D eigenvalue weighted by atomic mass is 9.85. The lowest BCUT2D eigenvalue weighted by molar-refractivity contribution is 0.0271. The third-order valence-corrected chi connectivity index (χ3v) is 3.81. The molecule has 0 spiro atoms. The van der Waals surface area contributed by atoms with Gasteiger partial charge in [0, 0.05) is 0 Å². The van der Waals surface area contributed by atoms with E-state index >= 15 is 0 Å². The second kappa shape index (κ2) is 6.40. The van der Waals surface area contributed by atoms with E-state index in [4.69, 9.17) is 17.0 Å². The van der Waals surface area contributed by atoms with Gasteiger partial charge in [-0.05, 0) is 11.1 Å². The lowest BCUT2D eigenvalue weighted by Crippen LogP contribution is -2.33. The predicted molar refractivity (Wildman–Crippen MR) is 81.2 cm³/mol. The summed E-state index contributed by atoms with van der Waals surface area (Å²) >= 11 is 6.40. The van der Waals surface area contributed by atoms with Gasteiger partial charge in [-0.2, -0.15) is 0 Å². The van der Waals surface area contributed by atoms with Crippen molar-refractivity contribution in [1.82, 2.24) is 0 Å². The van der Waals surface area contributed by atoms with Crippen LogP contribution in [-0.4, -0.2) is 10.2 Å². The first kappa shape index (κ1) is 15.0. The highest BCUT2D eigenvalue weighted by Gasteiger charge is 2.44. The Hall–Kier alpha value is -2.35. The summed E-state index contributed by atoms with van der Waals surface area (Å²) in [6.45, 7) is 0. The second-order valence-corrected chi connectivity index (χ2v) is 4.97.